The average Bonchev–Trinajstić information content (AvgIpc) is 2.51. The Bertz CT molecular complexity index is 645. The first-order valence-corrected chi connectivity index (χ1v) is 8.34. The molecule has 1 aromatic carbocycles. The fraction of sp³-hybridized carbons (Fsp3) is 0.529. The van der Waals surface area contributed by atoms with Gasteiger partial charge in [0, 0.05) is 6.54 Å². The van der Waals surface area contributed by atoms with Gasteiger partial charge in [0.05, 0.1) is 17.2 Å². The van der Waals surface area contributed by atoms with Crippen LogP contribution in [0.1, 0.15) is 39.5 Å². The zero-order chi connectivity index (χ0) is 15.3. The van der Waals surface area contributed by atoms with Crippen molar-refractivity contribution in [1.82, 2.24) is 9.55 Å². The Labute approximate surface area is 131 Å². The van der Waals surface area contributed by atoms with Gasteiger partial charge >= 0.3 is 0 Å². The molecule has 0 atom stereocenters. The van der Waals surface area contributed by atoms with Crippen molar-refractivity contribution in [3.8, 4) is 0 Å². The monoisotopic (exact) mass is 304 g/mol. The number of benzene rings is 1. The van der Waals surface area contributed by atoms with Crippen LogP contribution in [0.2, 0.25) is 0 Å². The molecule has 0 aliphatic heterocycles. The lowest BCUT2D eigenvalue weighted by molar-refractivity contribution is 0.228. The summed E-state index contributed by atoms with van der Waals surface area (Å²) in [6, 6.07) is 7.53. The van der Waals surface area contributed by atoms with Gasteiger partial charge in [0.1, 0.15) is 0 Å². The molecule has 4 heteroatoms. The summed E-state index contributed by atoms with van der Waals surface area (Å²) >= 11 is 4.57. The Hall–Kier alpha value is -1.29. The molecule has 2 aromatic rings. The van der Waals surface area contributed by atoms with Crippen molar-refractivity contribution in [2.24, 2.45) is 5.41 Å². The number of para-hydroxylation sites is 1. The molecule has 0 amide bonds. The minimum Gasteiger partial charge on any atom is -0.298 e. The van der Waals surface area contributed by atoms with E-state index in [9.17, 15) is 4.79 Å². The highest BCUT2D eigenvalue weighted by molar-refractivity contribution is 7.80. The normalized spacial score (nSPS) is 12.0. The van der Waals surface area contributed by atoms with Crippen LogP contribution in [-0.2, 0) is 6.54 Å². The van der Waals surface area contributed by atoms with Crippen molar-refractivity contribution in [3.05, 3.63) is 40.9 Å². The van der Waals surface area contributed by atoms with Gasteiger partial charge in [-0.3, -0.25) is 9.36 Å². The molecular weight excluding hydrogens is 280 g/mol. The van der Waals surface area contributed by atoms with E-state index in [2.05, 4.69) is 31.5 Å². The highest BCUT2D eigenvalue weighted by Crippen LogP contribution is 2.33. The van der Waals surface area contributed by atoms with Crippen LogP contribution in [0.4, 0.5) is 0 Å². The lowest BCUT2D eigenvalue weighted by Crippen LogP contribution is -2.34. The second-order valence-electron chi connectivity index (χ2n) is 5.85. The van der Waals surface area contributed by atoms with E-state index in [1.807, 2.05) is 24.3 Å². The molecule has 0 aliphatic carbocycles. The zero-order valence-electron chi connectivity index (χ0n) is 12.9. The maximum absolute atomic E-state index is 12.6. The van der Waals surface area contributed by atoms with E-state index in [-0.39, 0.29) is 11.0 Å². The van der Waals surface area contributed by atoms with Crippen LogP contribution in [0.5, 0.6) is 0 Å². The van der Waals surface area contributed by atoms with Gasteiger partial charge < -0.3 is 0 Å². The molecule has 0 fully saturated rings. The smallest absolute Gasteiger partial charge is 0.261 e. The summed E-state index contributed by atoms with van der Waals surface area (Å²) in [6.45, 7) is 5.08. The molecular formula is C17H24N2OS. The fourth-order valence-electron chi connectivity index (χ4n) is 3.13. The van der Waals surface area contributed by atoms with Crippen LogP contribution in [0, 0.1) is 5.41 Å². The quantitative estimate of drug-likeness (QED) is 0.787. The number of rotatable bonds is 7. The third-order valence-electron chi connectivity index (χ3n) is 4.13. The average molecular weight is 304 g/mol. The predicted octanol–water partition coefficient (Wildman–Crippen LogP) is 3.91. The number of hydrogen-bond acceptors (Lipinski definition) is 3. The molecule has 0 radical (unpaired) electrons. The van der Waals surface area contributed by atoms with Crippen molar-refractivity contribution >= 4 is 23.5 Å². The Morgan fingerprint density at radius 2 is 1.86 bits per heavy atom. The van der Waals surface area contributed by atoms with Gasteiger partial charge in [-0.1, -0.05) is 38.8 Å². The first-order chi connectivity index (χ1) is 10.2. The maximum Gasteiger partial charge on any atom is 0.261 e. The molecule has 114 valence electrons. The second-order valence-corrected chi connectivity index (χ2v) is 6.17. The standard InChI is InChI=1S/C17H24N2OS/c1-3-9-17(12-21,10-4-2)11-19-13-18-15-8-6-5-7-14(15)16(19)20/h5-8,13,21H,3-4,9-12H2,1-2H3. The molecule has 0 unspecified atom stereocenters. The molecule has 3 nitrogen and oxygen atoms in total. The minimum atomic E-state index is 0.0546. The Morgan fingerprint density at radius 3 is 2.48 bits per heavy atom. The van der Waals surface area contributed by atoms with Gasteiger partial charge in [-0.2, -0.15) is 12.6 Å². The second kappa shape index (κ2) is 7.12. The molecule has 0 N–H and O–H groups in total. The molecule has 1 heterocycles. The van der Waals surface area contributed by atoms with E-state index in [0.29, 0.717) is 11.9 Å². The predicted molar refractivity (Wildman–Crippen MR) is 92.1 cm³/mol. The molecule has 0 aliphatic rings. The third-order valence-corrected chi connectivity index (χ3v) is 4.80. The highest BCUT2D eigenvalue weighted by Gasteiger charge is 2.28. The largest absolute Gasteiger partial charge is 0.298 e. The van der Waals surface area contributed by atoms with Crippen molar-refractivity contribution < 1.29 is 0 Å². The van der Waals surface area contributed by atoms with Crippen LogP contribution in [-0.4, -0.2) is 15.3 Å². The molecule has 0 saturated heterocycles. The summed E-state index contributed by atoms with van der Waals surface area (Å²) in [5.41, 5.74) is 0.904. The number of nitrogens with zero attached hydrogens (tertiary/aromatic N) is 2. The van der Waals surface area contributed by atoms with Crippen LogP contribution < -0.4 is 5.56 Å². The summed E-state index contributed by atoms with van der Waals surface area (Å²) in [5.74, 6) is 0.800. The van der Waals surface area contributed by atoms with E-state index < -0.39 is 0 Å². The molecule has 2 rings (SSSR count). The summed E-state index contributed by atoms with van der Waals surface area (Å²) in [7, 11) is 0. The van der Waals surface area contributed by atoms with Gasteiger partial charge in [0.25, 0.3) is 5.56 Å². The summed E-state index contributed by atoms with van der Waals surface area (Å²) in [6.07, 6.45) is 6.08. The van der Waals surface area contributed by atoms with Crippen LogP contribution in [0.15, 0.2) is 35.4 Å². The first kappa shape index (κ1) is 16.1. The van der Waals surface area contributed by atoms with Crippen LogP contribution in [0.25, 0.3) is 10.9 Å². The van der Waals surface area contributed by atoms with Gasteiger partial charge in [-0.05, 0) is 36.1 Å². The van der Waals surface area contributed by atoms with E-state index in [1.165, 1.54) is 0 Å². The molecule has 0 bridgehead atoms. The third kappa shape index (κ3) is 3.49. The van der Waals surface area contributed by atoms with E-state index in [0.717, 1.165) is 37.0 Å². The Kier molecular flexibility index (Phi) is 5.45. The topological polar surface area (TPSA) is 34.9 Å². The molecule has 21 heavy (non-hydrogen) atoms. The lowest BCUT2D eigenvalue weighted by Gasteiger charge is -2.32. The van der Waals surface area contributed by atoms with Gasteiger partial charge in [0.2, 0.25) is 0 Å². The number of thiol groups is 1. The van der Waals surface area contributed by atoms with Crippen molar-refractivity contribution in [2.75, 3.05) is 5.75 Å². The van der Waals surface area contributed by atoms with E-state index in [1.54, 1.807) is 10.9 Å². The van der Waals surface area contributed by atoms with Crippen molar-refractivity contribution in [3.63, 3.8) is 0 Å². The molecule has 0 saturated carbocycles. The van der Waals surface area contributed by atoms with Crippen molar-refractivity contribution in [2.45, 2.75) is 46.1 Å². The maximum atomic E-state index is 12.6. The van der Waals surface area contributed by atoms with E-state index in [4.69, 9.17) is 0 Å². The highest BCUT2D eigenvalue weighted by atomic mass is 32.1. The molecule has 1 aromatic heterocycles. The van der Waals surface area contributed by atoms with Crippen molar-refractivity contribution in [1.29, 1.82) is 0 Å². The van der Waals surface area contributed by atoms with Crippen LogP contribution >= 0.6 is 12.6 Å². The SMILES string of the molecule is CCCC(CS)(CCC)Cn1cnc2ccccc2c1=O. The number of hydrogen-bond donors (Lipinski definition) is 1. The Morgan fingerprint density at radius 1 is 1.19 bits per heavy atom. The van der Waals surface area contributed by atoms with Crippen LogP contribution in [0.3, 0.4) is 0 Å². The van der Waals surface area contributed by atoms with Gasteiger partial charge in [-0.25, -0.2) is 4.98 Å². The zero-order valence-corrected chi connectivity index (χ0v) is 13.8. The number of fused-ring (bicyclic) bond motifs is 1. The summed E-state index contributed by atoms with van der Waals surface area (Å²) in [4.78, 5) is 17.0. The van der Waals surface area contributed by atoms with E-state index >= 15 is 0 Å². The summed E-state index contributed by atoms with van der Waals surface area (Å²) < 4.78 is 1.77. The summed E-state index contributed by atoms with van der Waals surface area (Å²) in [5, 5.41) is 0.695. The minimum absolute atomic E-state index is 0.0546. The fourth-order valence-corrected chi connectivity index (χ4v) is 3.55. The lowest BCUT2D eigenvalue weighted by atomic mass is 9.81. The first-order valence-electron chi connectivity index (χ1n) is 7.71. The molecule has 0 spiro atoms. The van der Waals surface area contributed by atoms with Gasteiger partial charge in [-0.15, -0.1) is 0 Å². The number of aromatic nitrogens is 2. The van der Waals surface area contributed by atoms with Gasteiger partial charge in [0.15, 0.2) is 0 Å². The Balaban J connectivity index is 2.41.